The lowest BCUT2D eigenvalue weighted by Gasteiger charge is -2.34. The molecule has 3 atom stereocenters. The third-order valence-corrected chi connectivity index (χ3v) is 4.77. The molecule has 1 heterocycles. The van der Waals surface area contributed by atoms with Crippen molar-refractivity contribution in [2.45, 2.75) is 38.6 Å². The fourth-order valence-corrected chi connectivity index (χ4v) is 3.83. The van der Waals surface area contributed by atoms with E-state index in [1.54, 1.807) is 0 Å². The summed E-state index contributed by atoms with van der Waals surface area (Å²) in [4.78, 5) is 4.49. The maximum atomic E-state index is 4.49. The molecule has 1 N–H and O–H groups in total. The summed E-state index contributed by atoms with van der Waals surface area (Å²) in [7, 11) is 2.10. The molecule has 0 spiro atoms. The fourth-order valence-electron chi connectivity index (χ4n) is 3.83. The first kappa shape index (κ1) is 13.6. The van der Waals surface area contributed by atoms with Gasteiger partial charge in [0.05, 0.1) is 5.52 Å². The second kappa shape index (κ2) is 5.92. The Morgan fingerprint density at radius 1 is 1.20 bits per heavy atom. The number of rotatable bonds is 3. The van der Waals surface area contributed by atoms with Crippen LogP contribution in [0.5, 0.6) is 0 Å². The van der Waals surface area contributed by atoms with Crippen molar-refractivity contribution in [2.75, 3.05) is 7.05 Å². The van der Waals surface area contributed by atoms with Crippen LogP contribution in [0.4, 0.5) is 0 Å². The first-order valence-electron chi connectivity index (χ1n) is 7.80. The summed E-state index contributed by atoms with van der Waals surface area (Å²) >= 11 is 0. The topological polar surface area (TPSA) is 24.9 Å². The average Bonchev–Trinajstić information content (AvgIpc) is 2.48. The predicted octanol–water partition coefficient (Wildman–Crippen LogP) is 4.32. The van der Waals surface area contributed by atoms with Gasteiger partial charge in [-0.1, -0.05) is 38.0 Å². The second-order valence-electron chi connectivity index (χ2n) is 6.22. The molecule has 106 valence electrons. The summed E-state index contributed by atoms with van der Waals surface area (Å²) in [5.41, 5.74) is 2.52. The maximum Gasteiger partial charge on any atom is 0.0705 e. The zero-order valence-corrected chi connectivity index (χ0v) is 12.5. The summed E-state index contributed by atoms with van der Waals surface area (Å²) in [5.74, 6) is 1.60. The number of nitrogens with zero attached hydrogens (tertiary/aromatic N) is 1. The van der Waals surface area contributed by atoms with Crippen LogP contribution in [0.2, 0.25) is 0 Å². The molecule has 20 heavy (non-hydrogen) atoms. The van der Waals surface area contributed by atoms with Gasteiger partial charge < -0.3 is 5.32 Å². The van der Waals surface area contributed by atoms with Crippen LogP contribution < -0.4 is 5.32 Å². The van der Waals surface area contributed by atoms with E-state index in [0.29, 0.717) is 6.04 Å². The van der Waals surface area contributed by atoms with Crippen LogP contribution in [0.15, 0.2) is 36.5 Å². The normalized spacial score (nSPS) is 24.7. The molecular formula is C18H24N2. The fraction of sp³-hybridized carbons (Fsp3) is 0.500. The van der Waals surface area contributed by atoms with E-state index in [0.717, 1.165) is 17.4 Å². The van der Waals surface area contributed by atoms with Gasteiger partial charge in [-0.05, 0) is 49.4 Å². The highest BCUT2D eigenvalue weighted by Crippen LogP contribution is 2.38. The third kappa shape index (κ3) is 2.57. The van der Waals surface area contributed by atoms with E-state index in [9.17, 15) is 0 Å². The van der Waals surface area contributed by atoms with E-state index >= 15 is 0 Å². The molecule has 2 aromatic rings. The van der Waals surface area contributed by atoms with Gasteiger partial charge in [-0.3, -0.25) is 4.98 Å². The molecule has 0 aliphatic heterocycles. The first-order chi connectivity index (χ1) is 9.79. The molecular weight excluding hydrogens is 244 g/mol. The highest BCUT2D eigenvalue weighted by atomic mass is 14.9. The number of aromatic nitrogens is 1. The van der Waals surface area contributed by atoms with Crippen LogP contribution in [-0.2, 0) is 0 Å². The maximum absolute atomic E-state index is 4.49. The smallest absolute Gasteiger partial charge is 0.0705 e. The summed E-state index contributed by atoms with van der Waals surface area (Å²) in [6.07, 6.45) is 7.31. The van der Waals surface area contributed by atoms with Crippen LogP contribution in [0.25, 0.3) is 10.9 Å². The summed E-state index contributed by atoms with van der Waals surface area (Å²) in [6, 6.07) is 11.2. The minimum atomic E-state index is 0.450. The molecule has 1 saturated carbocycles. The van der Waals surface area contributed by atoms with Crippen LogP contribution in [0.1, 0.15) is 44.2 Å². The Hall–Kier alpha value is -1.41. The molecule has 2 nitrogen and oxygen atoms in total. The largest absolute Gasteiger partial charge is 0.313 e. The summed E-state index contributed by atoms with van der Waals surface area (Å²) in [5, 5.41) is 4.87. The van der Waals surface area contributed by atoms with Gasteiger partial charge in [-0.25, -0.2) is 0 Å². The lowest BCUT2D eigenvalue weighted by Crippen LogP contribution is -2.29. The monoisotopic (exact) mass is 268 g/mol. The molecule has 3 unspecified atom stereocenters. The molecule has 2 heteroatoms. The minimum absolute atomic E-state index is 0.450. The van der Waals surface area contributed by atoms with Crippen LogP contribution >= 0.6 is 0 Å². The van der Waals surface area contributed by atoms with E-state index < -0.39 is 0 Å². The predicted molar refractivity (Wildman–Crippen MR) is 84.7 cm³/mol. The van der Waals surface area contributed by atoms with Gasteiger partial charge in [-0.2, -0.15) is 0 Å². The number of pyridine rings is 1. The number of hydrogen-bond acceptors (Lipinski definition) is 2. The van der Waals surface area contributed by atoms with Crippen LogP contribution in [0, 0.1) is 11.8 Å². The molecule has 0 radical (unpaired) electrons. The summed E-state index contributed by atoms with van der Waals surface area (Å²) in [6.45, 7) is 2.39. The Labute approximate surface area is 121 Å². The number of hydrogen-bond donors (Lipinski definition) is 1. The Morgan fingerprint density at radius 2 is 2.10 bits per heavy atom. The van der Waals surface area contributed by atoms with E-state index in [1.807, 2.05) is 12.3 Å². The zero-order valence-electron chi connectivity index (χ0n) is 12.5. The number of nitrogens with one attached hydrogen (secondary N) is 1. The highest BCUT2D eigenvalue weighted by molar-refractivity contribution is 5.82. The van der Waals surface area contributed by atoms with Gasteiger partial charge in [-0.15, -0.1) is 0 Å². The molecule has 1 aromatic heterocycles. The quantitative estimate of drug-likeness (QED) is 0.896. The molecule has 0 bridgehead atoms. The standard InChI is InChI=1S/C18H24N2/c1-13-6-3-7-14(12-13)18(19-2)16-8-4-10-17-15(16)9-5-11-20-17/h4-5,8-11,13-14,18-19H,3,6-7,12H2,1-2H3. The van der Waals surface area contributed by atoms with Gasteiger partial charge >= 0.3 is 0 Å². The SMILES string of the molecule is CNC(c1cccc2ncccc12)C1CCCC(C)C1. The van der Waals surface area contributed by atoms with E-state index in [2.05, 4.69) is 48.5 Å². The van der Waals surface area contributed by atoms with Crippen molar-refractivity contribution in [2.24, 2.45) is 11.8 Å². The molecule has 1 aliphatic carbocycles. The highest BCUT2D eigenvalue weighted by Gasteiger charge is 2.27. The number of fused-ring (bicyclic) bond motifs is 1. The van der Waals surface area contributed by atoms with Crippen LogP contribution in [0.3, 0.4) is 0 Å². The Bertz CT molecular complexity index is 573. The van der Waals surface area contributed by atoms with Crippen LogP contribution in [-0.4, -0.2) is 12.0 Å². The molecule has 1 aromatic carbocycles. The van der Waals surface area contributed by atoms with Crippen molar-refractivity contribution in [1.29, 1.82) is 0 Å². The van der Waals surface area contributed by atoms with Gasteiger partial charge in [0.2, 0.25) is 0 Å². The summed E-state index contributed by atoms with van der Waals surface area (Å²) < 4.78 is 0. The number of benzene rings is 1. The third-order valence-electron chi connectivity index (χ3n) is 4.77. The van der Waals surface area contributed by atoms with Crippen molar-refractivity contribution < 1.29 is 0 Å². The Morgan fingerprint density at radius 3 is 2.90 bits per heavy atom. The average molecular weight is 268 g/mol. The van der Waals surface area contributed by atoms with E-state index in [-0.39, 0.29) is 0 Å². The van der Waals surface area contributed by atoms with Gasteiger partial charge in [0, 0.05) is 17.6 Å². The van der Waals surface area contributed by atoms with E-state index in [4.69, 9.17) is 0 Å². The van der Waals surface area contributed by atoms with Gasteiger partial charge in [0.25, 0.3) is 0 Å². The first-order valence-corrected chi connectivity index (χ1v) is 7.80. The molecule has 0 amide bonds. The van der Waals surface area contributed by atoms with Gasteiger partial charge in [0.15, 0.2) is 0 Å². The van der Waals surface area contributed by atoms with E-state index in [1.165, 1.54) is 36.6 Å². The minimum Gasteiger partial charge on any atom is -0.313 e. The molecule has 0 saturated heterocycles. The Balaban J connectivity index is 1.98. The second-order valence-corrected chi connectivity index (χ2v) is 6.22. The lowest BCUT2D eigenvalue weighted by molar-refractivity contribution is 0.231. The van der Waals surface area contributed by atoms with Crippen molar-refractivity contribution in [3.8, 4) is 0 Å². The van der Waals surface area contributed by atoms with Crippen molar-refractivity contribution >= 4 is 10.9 Å². The van der Waals surface area contributed by atoms with Crippen molar-refractivity contribution in [3.05, 3.63) is 42.1 Å². The molecule has 1 aliphatic rings. The van der Waals surface area contributed by atoms with Gasteiger partial charge in [0.1, 0.15) is 0 Å². The van der Waals surface area contributed by atoms with Crippen molar-refractivity contribution in [1.82, 2.24) is 10.3 Å². The zero-order chi connectivity index (χ0) is 13.9. The van der Waals surface area contributed by atoms with Crippen molar-refractivity contribution in [3.63, 3.8) is 0 Å². The Kier molecular flexibility index (Phi) is 4.02. The lowest BCUT2D eigenvalue weighted by atomic mass is 9.76. The molecule has 1 fully saturated rings. The molecule has 3 rings (SSSR count).